The van der Waals surface area contributed by atoms with E-state index in [0.717, 1.165) is 7.11 Å². The lowest BCUT2D eigenvalue weighted by atomic mass is 10.1. The van der Waals surface area contributed by atoms with E-state index in [4.69, 9.17) is 5.11 Å². The molecule has 0 bridgehead atoms. The van der Waals surface area contributed by atoms with Gasteiger partial charge in [-0.25, -0.2) is 8.42 Å². The Hall–Kier alpha value is -1.40. The number of methoxy groups -OCH3 is 1. The highest BCUT2D eigenvalue weighted by atomic mass is 32.2. The van der Waals surface area contributed by atoms with Gasteiger partial charge in [0.2, 0.25) is 0 Å². The van der Waals surface area contributed by atoms with Gasteiger partial charge in [-0.1, -0.05) is 12.1 Å². The summed E-state index contributed by atoms with van der Waals surface area (Å²) in [4.78, 5) is 11.4. The molecule has 0 fully saturated rings. The Morgan fingerprint density at radius 2 is 2.06 bits per heavy atom. The second-order valence-electron chi connectivity index (χ2n) is 3.97. The number of esters is 1. The van der Waals surface area contributed by atoms with E-state index in [1.165, 1.54) is 19.1 Å². The van der Waals surface area contributed by atoms with Crippen LogP contribution in [-0.2, 0) is 26.0 Å². The Balaban J connectivity index is 3.25. The summed E-state index contributed by atoms with van der Waals surface area (Å²) in [6.07, 6.45) is 0. The number of sulfone groups is 1. The third-order valence-electron chi connectivity index (χ3n) is 2.73. The maximum Gasteiger partial charge on any atom is 0.324 e. The number of carbonyl (C=O) groups excluding carboxylic acids is 1. The molecule has 0 saturated heterocycles. The Morgan fingerprint density at radius 1 is 1.44 bits per heavy atom. The van der Waals surface area contributed by atoms with Gasteiger partial charge in [0.25, 0.3) is 0 Å². The number of benzene rings is 1. The van der Waals surface area contributed by atoms with Crippen molar-refractivity contribution in [3.05, 3.63) is 29.3 Å². The summed E-state index contributed by atoms with van der Waals surface area (Å²) in [6.45, 7) is 2.75. The fourth-order valence-electron chi connectivity index (χ4n) is 1.61. The average Bonchev–Trinajstić information content (AvgIpc) is 2.36. The number of ether oxygens (including phenoxy) is 1. The van der Waals surface area contributed by atoms with Gasteiger partial charge in [0, 0.05) is 0 Å². The van der Waals surface area contributed by atoms with Crippen molar-refractivity contribution in [2.45, 2.75) is 30.6 Å². The van der Waals surface area contributed by atoms with Gasteiger partial charge in [0.05, 0.1) is 18.6 Å². The van der Waals surface area contributed by atoms with Crippen molar-refractivity contribution in [2.24, 2.45) is 0 Å². The first kappa shape index (κ1) is 14.7. The van der Waals surface area contributed by atoms with Crippen molar-refractivity contribution in [2.75, 3.05) is 7.11 Å². The van der Waals surface area contributed by atoms with Gasteiger partial charge in [0.1, 0.15) is 0 Å². The molecule has 1 unspecified atom stereocenters. The summed E-state index contributed by atoms with van der Waals surface area (Å²) in [5.74, 6) is -0.791. The zero-order chi connectivity index (χ0) is 13.9. The summed E-state index contributed by atoms with van der Waals surface area (Å²) < 4.78 is 28.8. The average molecular weight is 272 g/mol. The second kappa shape index (κ2) is 5.49. The zero-order valence-electron chi connectivity index (χ0n) is 10.5. The number of aliphatic hydroxyl groups excluding tert-OH is 1. The first-order valence-corrected chi connectivity index (χ1v) is 6.91. The van der Waals surface area contributed by atoms with Gasteiger partial charge < -0.3 is 9.84 Å². The van der Waals surface area contributed by atoms with Crippen molar-refractivity contribution < 1.29 is 23.1 Å². The van der Waals surface area contributed by atoms with Crippen LogP contribution >= 0.6 is 0 Å². The lowest BCUT2D eigenvalue weighted by Crippen LogP contribution is -2.29. The van der Waals surface area contributed by atoms with Crippen molar-refractivity contribution in [3.63, 3.8) is 0 Å². The topological polar surface area (TPSA) is 80.7 Å². The first-order chi connectivity index (χ1) is 8.34. The van der Waals surface area contributed by atoms with Crippen LogP contribution in [0.5, 0.6) is 0 Å². The molecule has 5 nitrogen and oxygen atoms in total. The molecular formula is C12H16O5S. The van der Waals surface area contributed by atoms with Crippen molar-refractivity contribution in [1.82, 2.24) is 0 Å². The quantitative estimate of drug-likeness (QED) is 0.821. The van der Waals surface area contributed by atoms with Crippen LogP contribution in [-0.4, -0.2) is 31.9 Å². The molecule has 0 amide bonds. The first-order valence-electron chi connectivity index (χ1n) is 5.36. The molecule has 0 radical (unpaired) electrons. The molecular weight excluding hydrogens is 256 g/mol. The SMILES string of the molecule is COC(=O)C(C)S(=O)(=O)c1ccc(CO)cc1C. The van der Waals surface area contributed by atoms with Crippen LogP contribution < -0.4 is 0 Å². The Labute approximate surface area is 106 Å². The number of aryl methyl sites for hydroxylation is 1. The van der Waals surface area contributed by atoms with Gasteiger partial charge in [-0.3, -0.25) is 4.79 Å². The van der Waals surface area contributed by atoms with Crippen LogP contribution in [0.1, 0.15) is 18.1 Å². The third-order valence-corrected chi connectivity index (χ3v) is 4.92. The molecule has 0 heterocycles. The van der Waals surface area contributed by atoms with E-state index in [2.05, 4.69) is 4.74 Å². The van der Waals surface area contributed by atoms with Crippen molar-refractivity contribution in [1.29, 1.82) is 0 Å². The van der Waals surface area contributed by atoms with Crippen LogP contribution in [0.25, 0.3) is 0 Å². The standard InChI is InChI=1S/C12H16O5S/c1-8-6-10(7-13)4-5-11(8)18(15,16)9(2)12(14)17-3/h4-6,9,13H,7H2,1-3H3. The summed E-state index contributed by atoms with van der Waals surface area (Å²) in [7, 11) is -2.61. The van der Waals surface area contributed by atoms with Gasteiger partial charge in [-0.05, 0) is 31.0 Å². The monoisotopic (exact) mass is 272 g/mol. The zero-order valence-corrected chi connectivity index (χ0v) is 11.3. The second-order valence-corrected chi connectivity index (χ2v) is 6.21. The van der Waals surface area contributed by atoms with Gasteiger partial charge in [-0.2, -0.15) is 0 Å². The van der Waals surface area contributed by atoms with Crippen molar-refractivity contribution in [3.8, 4) is 0 Å². The highest BCUT2D eigenvalue weighted by Gasteiger charge is 2.31. The van der Waals surface area contributed by atoms with Crippen LogP contribution in [0.3, 0.4) is 0 Å². The normalized spacial score (nSPS) is 13.1. The summed E-state index contributed by atoms with van der Waals surface area (Å²) >= 11 is 0. The van der Waals surface area contributed by atoms with E-state index in [9.17, 15) is 13.2 Å². The molecule has 0 aliphatic carbocycles. The van der Waals surface area contributed by atoms with E-state index in [-0.39, 0.29) is 11.5 Å². The molecule has 1 aromatic rings. The highest BCUT2D eigenvalue weighted by molar-refractivity contribution is 7.92. The van der Waals surface area contributed by atoms with Crippen LogP contribution in [0.4, 0.5) is 0 Å². The number of rotatable bonds is 4. The van der Waals surface area contributed by atoms with Gasteiger partial charge in [0.15, 0.2) is 15.1 Å². The lowest BCUT2D eigenvalue weighted by molar-refractivity contribution is -0.139. The number of aliphatic hydroxyl groups is 1. The molecule has 1 atom stereocenters. The van der Waals surface area contributed by atoms with Gasteiger partial charge in [-0.15, -0.1) is 0 Å². The number of carbonyl (C=O) groups is 1. The molecule has 0 aliphatic rings. The van der Waals surface area contributed by atoms with E-state index in [1.807, 2.05) is 0 Å². The summed E-state index contributed by atoms with van der Waals surface area (Å²) in [5.41, 5.74) is 1.12. The summed E-state index contributed by atoms with van der Waals surface area (Å²) in [5, 5.41) is 7.72. The largest absolute Gasteiger partial charge is 0.468 e. The number of hydrogen-bond donors (Lipinski definition) is 1. The molecule has 0 saturated carbocycles. The molecule has 0 aromatic heterocycles. The summed E-state index contributed by atoms with van der Waals surface area (Å²) in [6, 6.07) is 4.50. The Morgan fingerprint density at radius 3 is 2.50 bits per heavy atom. The lowest BCUT2D eigenvalue weighted by Gasteiger charge is -2.13. The van der Waals surface area contributed by atoms with Crippen LogP contribution in [0, 0.1) is 6.92 Å². The van der Waals surface area contributed by atoms with Gasteiger partial charge >= 0.3 is 5.97 Å². The molecule has 1 rings (SSSR count). The fraction of sp³-hybridized carbons (Fsp3) is 0.417. The van der Waals surface area contributed by atoms with Crippen LogP contribution in [0.2, 0.25) is 0 Å². The van der Waals surface area contributed by atoms with E-state index < -0.39 is 21.1 Å². The smallest absolute Gasteiger partial charge is 0.324 e. The third kappa shape index (κ3) is 2.70. The predicted molar refractivity (Wildman–Crippen MR) is 65.8 cm³/mol. The minimum atomic E-state index is -3.76. The minimum absolute atomic E-state index is 0.0811. The van der Waals surface area contributed by atoms with E-state index in [0.29, 0.717) is 11.1 Å². The number of hydrogen-bond acceptors (Lipinski definition) is 5. The molecule has 0 aliphatic heterocycles. The van der Waals surface area contributed by atoms with Crippen molar-refractivity contribution >= 4 is 15.8 Å². The van der Waals surface area contributed by atoms with E-state index in [1.54, 1.807) is 13.0 Å². The fourth-order valence-corrected chi connectivity index (χ4v) is 3.11. The minimum Gasteiger partial charge on any atom is -0.468 e. The molecule has 0 spiro atoms. The highest BCUT2D eigenvalue weighted by Crippen LogP contribution is 2.22. The Bertz CT molecular complexity index is 548. The Kier molecular flexibility index (Phi) is 4.48. The maximum atomic E-state index is 12.2. The van der Waals surface area contributed by atoms with E-state index >= 15 is 0 Å². The molecule has 6 heteroatoms. The molecule has 100 valence electrons. The predicted octanol–water partition coefficient (Wildman–Crippen LogP) is 0.823. The maximum absolute atomic E-state index is 12.2. The van der Waals surface area contributed by atoms with Crippen LogP contribution in [0.15, 0.2) is 23.1 Å². The molecule has 18 heavy (non-hydrogen) atoms. The molecule has 1 aromatic carbocycles. The molecule has 1 N–H and O–H groups in total.